The molecule has 1 atom stereocenters. The van der Waals surface area contributed by atoms with Crippen molar-refractivity contribution in [2.24, 2.45) is 11.8 Å². The maximum absolute atomic E-state index is 11.5. The highest BCUT2D eigenvalue weighted by Crippen LogP contribution is 2.16. The minimum atomic E-state index is -0.423. The third-order valence-electron chi connectivity index (χ3n) is 2.45. The van der Waals surface area contributed by atoms with Crippen molar-refractivity contribution in [1.82, 2.24) is 0 Å². The van der Waals surface area contributed by atoms with Crippen LogP contribution in [0.25, 0.3) is 0 Å². The van der Waals surface area contributed by atoms with Crippen LogP contribution >= 0.6 is 0 Å². The van der Waals surface area contributed by atoms with Crippen molar-refractivity contribution in [2.75, 3.05) is 0 Å². The summed E-state index contributed by atoms with van der Waals surface area (Å²) in [4.78, 5) is 23.0. The molecule has 1 unspecified atom stereocenters. The molecule has 0 N–H and O–H groups in total. The van der Waals surface area contributed by atoms with Gasteiger partial charge in [-0.1, -0.05) is 20.8 Å². The molecule has 0 aliphatic heterocycles. The van der Waals surface area contributed by atoms with E-state index in [0.717, 1.165) is 0 Å². The van der Waals surface area contributed by atoms with Gasteiger partial charge in [0.2, 0.25) is 0 Å². The summed E-state index contributed by atoms with van der Waals surface area (Å²) in [7, 11) is 0. The SMILES string of the molecule is CC(CCC(=O)OC(C)(C)C)CC(=O)C(C)C. The van der Waals surface area contributed by atoms with Crippen molar-refractivity contribution in [1.29, 1.82) is 0 Å². The minimum absolute atomic E-state index is 0.0824. The second-order valence-corrected chi connectivity index (χ2v) is 6.06. The first-order chi connectivity index (χ1) is 7.61. The quantitative estimate of drug-likeness (QED) is 0.671. The normalized spacial score (nSPS) is 13.6. The van der Waals surface area contributed by atoms with Gasteiger partial charge in [-0.25, -0.2) is 0 Å². The molecule has 0 rings (SSSR count). The zero-order valence-electron chi connectivity index (χ0n) is 12.0. The number of Topliss-reactive ketones (excluding diaryl/α,β-unsaturated/α-hetero) is 1. The summed E-state index contributed by atoms with van der Waals surface area (Å²) in [5, 5.41) is 0. The summed E-state index contributed by atoms with van der Waals surface area (Å²) < 4.78 is 5.22. The van der Waals surface area contributed by atoms with Gasteiger partial charge in [-0.3, -0.25) is 9.59 Å². The van der Waals surface area contributed by atoms with Gasteiger partial charge in [0.25, 0.3) is 0 Å². The highest BCUT2D eigenvalue weighted by molar-refractivity contribution is 5.80. The van der Waals surface area contributed by atoms with Gasteiger partial charge in [0.05, 0.1) is 0 Å². The maximum atomic E-state index is 11.5. The number of hydrogen-bond acceptors (Lipinski definition) is 3. The second kappa shape index (κ2) is 6.77. The second-order valence-electron chi connectivity index (χ2n) is 6.06. The molecule has 0 aliphatic carbocycles. The highest BCUT2D eigenvalue weighted by atomic mass is 16.6. The van der Waals surface area contributed by atoms with Gasteiger partial charge < -0.3 is 4.74 Å². The number of hydrogen-bond donors (Lipinski definition) is 0. The summed E-state index contributed by atoms with van der Waals surface area (Å²) in [5.41, 5.74) is -0.423. The summed E-state index contributed by atoms with van der Waals surface area (Å²) >= 11 is 0. The highest BCUT2D eigenvalue weighted by Gasteiger charge is 2.18. The predicted molar refractivity (Wildman–Crippen MR) is 68.7 cm³/mol. The van der Waals surface area contributed by atoms with Crippen LogP contribution < -0.4 is 0 Å². The number of esters is 1. The number of ketones is 1. The molecule has 0 radical (unpaired) electrons. The van der Waals surface area contributed by atoms with Crippen LogP contribution in [0.15, 0.2) is 0 Å². The van der Waals surface area contributed by atoms with E-state index in [4.69, 9.17) is 4.74 Å². The topological polar surface area (TPSA) is 43.4 Å². The standard InChI is InChI=1S/C14H26O3/c1-10(2)12(15)9-11(3)7-8-13(16)17-14(4,5)6/h10-11H,7-9H2,1-6H3. The zero-order chi connectivity index (χ0) is 13.6. The van der Waals surface area contributed by atoms with Crippen molar-refractivity contribution < 1.29 is 14.3 Å². The first-order valence-electron chi connectivity index (χ1n) is 6.36. The lowest BCUT2D eigenvalue weighted by molar-refractivity contribution is -0.155. The molecule has 0 saturated heterocycles. The Bertz CT molecular complexity index is 261. The van der Waals surface area contributed by atoms with Crippen molar-refractivity contribution in [3.8, 4) is 0 Å². The molecular formula is C14H26O3. The Hall–Kier alpha value is -0.860. The molecule has 0 fully saturated rings. The van der Waals surface area contributed by atoms with Gasteiger partial charge in [0.1, 0.15) is 11.4 Å². The van der Waals surface area contributed by atoms with E-state index in [9.17, 15) is 9.59 Å². The van der Waals surface area contributed by atoms with Crippen LogP contribution in [0.1, 0.15) is 60.8 Å². The van der Waals surface area contributed by atoms with Crippen LogP contribution in [-0.2, 0) is 14.3 Å². The average molecular weight is 242 g/mol. The van der Waals surface area contributed by atoms with Crippen molar-refractivity contribution >= 4 is 11.8 Å². The van der Waals surface area contributed by atoms with Crippen LogP contribution in [0.3, 0.4) is 0 Å². The Morgan fingerprint density at radius 1 is 1.12 bits per heavy atom. The molecule has 3 heteroatoms. The molecule has 17 heavy (non-hydrogen) atoms. The van der Waals surface area contributed by atoms with E-state index in [1.165, 1.54) is 0 Å². The Morgan fingerprint density at radius 2 is 1.65 bits per heavy atom. The van der Waals surface area contributed by atoms with Crippen LogP contribution in [0, 0.1) is 11.8 Å². The van der Waals surface area contributed by atoms with E-state index >= 15 is 0 Å². The molecule has 0 amide bonds. The van der Waals surface area contributed by atoms with Crippen LogP contribution in [0.4, 0.5) is 0 Å². The maximum Gasteiger partial charge on any atom is 0.306 e. The van der Waals surface area contributed by atoms with Crippen molar-refractivity contribution in [3.63, 3.8) is 0 Å². The third-order valence-corrected chi connectivity index (χ3v) is 2.45. The van der Waals surface area contributed by atoms with Crippen molar-refractivity contribution in [3.05, 3.63) is 0 Å². The summed E-state index contributed by atoms with van der Waals surface area (Å²) in [6.45, 7) is 11.4. The van der Waals surface area contributed by atoms with Gasteiger partial charge in [0, 0.05) is 18.8 Å². The van der Waals surface area contributed by atoms with E-state index in [1.807, 2.05) is 41.5 Å². The van der Waals surface area contributed by atoms with Crippen molar-refractivity contribution in [2.45, 2.75) is 66.4 Å². The molecule has 0 saturated carbocycles. The van der Waals surface area contributed by atoms with Gasteiger partial charge in [0.15, 0.2) is 0 Å². The van der Waals surface area contributed by atoms with Gasteiger partial charge in [-0.15, -0.1) is 0 Å². The minimum Gasteiger partial charge on any atom is -0.460 e. The molecule has 0 heterocycles. The molecule has 0 aromatic carbocycles. The monoisotopic (exact) mass is 242 g/mol. The number of rotatable bonds is 6. The zero-order valence-corrected chi connectivity index (χ0v) is 12.0. The first-order valence-corrected chi connectivity index (χ1v) is 6.36. The van der Waals surface area contributed by atoms with Gasteiger partial charge in [-0.2, -0.15) is 0 Å². The number of carbonyl (C=O) groups excluding carboxylic acids is 2. The lowest BCUT2D eigenvalue weighted by Gasteiger charge is -2.20. The summed E-state index contributed by atoms with van der Waals surface area (Å²) in [5.74, 6) is 0.416. The molecule has 100 valence electrons. The van der Waals surface area contributed by atoms with E-state index < -0.39 is 5.60 Å². The smallest absolute Gasteiger partial charge is 0.306 e. The fraction of sp³-hybridized carbons (Fsp3) is 0.857. The molecule has 0 aromatic rings. The molecule has 3 nitrogen and oxygen atoms in total. The Balaban J connectivity index is 3.88. The fourth-order valence-electron chi connectivity index (χ4n) is 1.44. The van der Waals surface area contributed by atoms with Crippen LogP contribution in [0.5, 0.6) is 0 Å². The van der Waals surface area contributed by atoms with E-state index in [2.05, 4.69) is 0 Å². The molecular weight excluding hydrogens is 216 g/mol. The van der Waals surface area contributed by atoms with E-state index in [1.54, 1.807) is 0 Å². The van der Waals surface area contributed by atoms with Gasteiger partial charge in [-0.05, 0) is 33.1 Å². The van der Waals surface area contributed by atoms with E-state index in [0.29, 0.717) is 19.3 Å². The molecule has 0 bridgehead atoms. The van der Waals surface area contributed by atoms with Crippen LogP contribution in [-0.4, -0.2) is 17.4 Å². The molecule has 0 aliphatic rings. The predicted octanol–water partition coefficient (Wildman–Crippen LogP) is 3.36. The van der Waals surface area contributed by atoms with Crippen LogP contribution in [0.2, 0.25) is 0 Å². The Morgan fingerprint density at radius 3 is 2.06 bits per heavy atom. The lowest BCUT2D eigenvalue weighted by Crippen LogP contribution is -2.24. The lowest BCUT2D eigenvalue weighted by atomic mass is 9.94. The summed E-state index contributed by atoms with van der Waals surface area (Å²) in [6.07, 6.45) is 1.66. The average Bonchev–Trinajstić information content (AvgIpc) is 2.11. The Kier molecular flexibility index (Phi) is 6.43. The summed E-state index contributed by atoms with van der Waals surface area (Å²) in [6, 6.07) is 0. The number of carbonyl (C=O) groups is 2. The largest absolute Gasteiger partial charge is 0.460 e. The Labute approximate surface area is 105 Å². The number of ether oxygens (including phenoxy) is 1. The fourth-order valence-corrected chi connectivity index (χ4v) is 1.44. The van der Waals surface area contributed by atoms with E-state index in [-0.39, 0.29) is 23.6 Å². The van der Waals surface area contributed by atoms with Gasteiger partial charge >= 0.3 is 5.97 Å². The molecule has 0 aromatic heterocycles. The third kappa shape index (κ3) is 8.90. The first kappa shape index (κ1) is 16.1. The molecule has 0 spiro atoms.